The molecule has 0 bridgehead atoms. The number of nitriles is 1. The van der Waals surface area contributed by atoms with Crippen molar-refractivity contribution in [2.24, 2.45) is 0 Å². The first-order chi connectivity index (χ1) is 14.7. The molecule has 0 amide bonds. The van der Waals surface area contributed by atoms with Gasteiger partial charge < -0.3 is 10.3 Å². The van der Waals surface area contributed by atoms with E-state index in [1.165, 1.54) is 23.5 Å². The summed E-state index contributed by atoms with van der Waals surface area (Å²) in [6, 6.07) is 18.7. The lowest BCUT2D eigenvalue weighted by Crippen LogP contribution is -1.95. The van der Waals surface area contributed by atoms with Crippen LogP contribution in [0, 0.1) is 17.1 Å². The van der Waals surface area contributed by atoms with E-state index in [1.807, 2.05) is 54.7 Å². The number of aromatic nitrogens is 2. The summed E-state index contributed by atoms with van der Waals surface area (Å²) in [5, 5.41) is 15.0. The lowest BCUT2D eigenvalue weighted by atomic mass is 10.1. The van der Waals surface area contributed by atoms with Crippen molar-refractivity contribution in [3.63, 3.8) is 0 Å². The van der Waals surface area contributed by atoms with E-state index in [4.69, 9.17) is 0 Å². The summed E-state index contributed by atoms with van der Waals surface area (Å²) < 4.78 is 13.4. The molecule has 0 unspecified atom stereocenters. The number of halogens is 1. The zero-order valence-electron chi connectivity index (χ0n) is 15.7. The molecule has 5 aromatic rings. The quantitative estimate of drug-likeness (QED) is 0.346. The summed E-state index contributed by atoms with van der Waals surface area (Å²) >= 11 is 1.52. The molecule has 4 nitrogen and oxygen atoms in total. The highest BCUT2D eigenvalue weighted by atomic mass is 32.1. The Bertz CT molecular complexity index is 1460. The summed E-state index contributed by atoms with van der Waals surface area (Å²) in [5.74, 6) is -0.264. The van der Waals surface area contributed by atoms with Crippen LogP contribution in [0.25, 0.3) is 33.3 Å². The average molecular weight is 410 g/mol. The van der Waals surface area contributed by atoms with Crippen molar-refractivity contribution in [2.75, 3.05) is 5.32 Å². The van der Waals surface area contributed by atoms with Crippen LogP contribution in [0.4, 0.5) is 15.8 Å². The van der Waals surface area contributed by atoms with Crippen LogP contribution in [0.1, 0.15) is 16.0 Å². The van der Waals surface area contributed by atoms with Crippen molar-refractivity contribution in [3.8, 4) is 6.07 Å². The van der Waals surface area contributed by atoms with Crippen molar-refractivity contribution >= 4 is 56.0 Å². The number of pyridine rings is 1. The highest BCUT2D eigenvalue weighted by Crippen LogP contribution is 2.35. The van der Waals surface area contributed by atoms with Gasteiger partial charge in [0.1, 0.15) is 16.7 Å². The van der Waals surface area contributed by atoms with Crippen molar-refractivity contribution in [1.29, 1.82) is 5.26 Å². The van der Waals surface area contributed by atoms with E-state index in [-0.39, 0.29) is 5.82 Å². The lowest BCUT2D eigenvalue weighted by molar-refractivity contribution is 0.627. The first kappa shape index (κ1) is 18.1. The van der Waals surface area contributed by atoms with Crippen LogP contribution in [0.5, 0.6) is 0 Å². The molecule has 3 heterocycles. The van der Waals surface area contributed by atoms with Crippen LogP contribution in [0.15, 0.2) is 67.0 Å². The number of thiophene rings is 1. The van der Waals surface area contributed by atoms with Crippen molar-refractivity contribution in [1.82, 2.24) is 9.97 Å². The van der Waals surface area contributed by atoms with Crippen LogP contribution in [0.3, 0.4) is 0 Å². The highest BCUT2D eigenvalue weighted by molar-refractivity contribution is 7.19. The third kappa shape index (κ3) is 3.43. The molecule has 0 aliphatic carbocycles. The summed E-state index contributed by atoms with van der Waals surface area (Å²) in [5.41, 5.74) is 3.96. The van der Waals surface area contributed by atoms with E-state index >= 15 is 0 Å². The number of aromatic amines is 1. The smallest absolute Gasteiger partial charge is 0.125 e. The van der Waals surface area contributed by atoms with Gasteiger partial charge in [0.15, 0.2) is 0 Å². The Kier molecular flexibility index (Phi) is 4.51. The molecule has 3 aromatic heterocycles. The maximum absolute atomic E-state index is 13.4. The predicted octanol–water partition coefficient (Wildman–Crippen LogP) is 6.70. The van der Waals surface area contributed by atoms with Gasteiger partial charge in [0.25, 0.3) is 0 Å². The maximum Gasteiger partial charge on any atom is 0.125 e. The number of H-pyrrole nitrogens is 1. The molecule has 6 heteroatoms. The SMILES string of the molecule is N#Cc1cnc2sc(C=Cc3cccc(F)c3)cc2c1Nc1ccc2[nH]ccc2c1. The summed E-state index contributed by atoms with van der Waals surface area (Å²) in [6.07, 6.45) is 7.29. The second-order valence-corrected chi connectivity index (χ2v) is 7.88. The molecule has 2 N–H and O–H groups in total. The lowest BCUT2D eigenvalue weighted by Gasteiger charge is -2.09. The van der Waals surface area contributed by atoms with Gasteiger partial charge in [-0.2, -0.15) is 5.26 Å². The van der Waals surface area contributed by atoms with E-state index in [1.54, 1.807) is 12.3 Å². The molecule has 0 spiro atoms. The molecule has 0 aliphatic heterocycles. The number of hydrogen-bond acceptors (Lipinski definition) is 4. The van der Waals surface area contributed by atoms with Crippen molar-refractivity contribution in [2.45, 2.75) is 0 Å². The van der Waals surface area contributed by atoms with E-state index in [9.17, 15) is 9.65 Å². The molecule has 0 saturated carbocycles. The van der Waals surface area contributed by atoms with Crippen LogP contribution < -0.4 is 5.32 Å². The summed E-state index contributed by atoms with van der Waals surface area (Å²) in [6.45, 7) is 0. The predicted molar refractivity (Wildman–Crippen MR) is 121 cm³/mol. The Morgan fingerprint density at radius 3 is 2.90 bits per heavy atom. The minimum Gasteiger partial charge on any atom is -0.361 e. The second-order valence-electron chi connectivity index (χ2n) is 6.82. The molecule has 30 heavy (non-hydrogen) atoms. The molecule has 144 valence electrons. The third-order valence-electron chi connectivity index (χ3n) is 4.81. The molecule has 0 radical (unpaired) electrons. The Morgan fingerprint density at radius 2 is 2.03 bits per heavy atom. The number of fused-ring (bicyclic) bond motifs is 2. The van der Waals surface area contributed by atoms with E-state index < -0.39 is 0 Å². The Hall–Kier alpha value is -3.95. The minimum absolute atomic E-state index is 0.264. The van der Waals surface area contributed by atoms with Crippen molar-refractivity contribution in [3.05, 3.63) is 88.8 Å². The first-order valence-corrected chi connectivity index (χ1v) is 10.1. The number of hydrogen-bond donors (Lipinski definition) is 2. The normalized spacial score (nSPS) is 11.3. The van der Waals surface area contributed by atoms with Gasteiger partial charge in [-0.15, -0.1) is 11.3 Å². The number of anilines is 2. The van der Waals surface area contributed by atoms with E-state index in [2.05, 4.69) is 21.4 Å². The largest absolute Gasteiger partial charge is 0.361 e. The van der Waals surface area contributed by atoms with Gasteiger partial charge in [0, 0.05) is 39.2 Å². The van der Waals surface area contributed by atoms with E-state index in [0.717, 1.165) is 42.9 Å². The maximum atomic E-state index is 13.4. The van der Waals surface area contributed by atoms with E-state index in [0.29, 0.717) is 5.56 Å². The molecule has 5 rings (SSSR count). The van der Waals surface area contributed by atoms with Crippen LogP contribution in [0.2, 0.25) is 0 Å². The molecular weight excluding hydrogens is 395 g/mol. The van der Waals surface area contributed by atoms with Gasteiger partial charge in [0.05, 0.1) is 11.3 Å². The molecule has 2 aromatic carbocycles. The number of benzene rings is 2. The van der Waals surface area contributed by atoms with Crippen LogP contribution >= 0.6 is 11.3 Å². The second kappa shape index (κ2) is 7.47. The highest BCUT2D eigenvalue weighted by Gasteiger charge is 2.12. The fourth-order valence-electron chi connectivity index (χ4n) is 3.37. The monoisotopic (exact) mass is 410 g/mol. The zero-order valence-corrected chi connectivity index (χ0v) is 16.5. The zero-order chi connectivity index (χ0) is 20.5. The third-order valence-corrected chi connectivity index (χ3v) is 5.82. The fourth-order valence-corrected chi connectivity index (χ4v) is 4.29. The van der Waals surface area contributed by atoms with Crippen molar-refractivity contribution < 1.29 is 4.39 Å². The summed E-state index contributed by atoms with van der Waals surface area (Å²) in [7, 11) is 0. The number of nitrogens with one attached hydrogen (secondary N) is 2. The van der Waals surface area contributed by atoms with Gasteiger partial charge in [0.2, 0.25) is 0 Å². The Balaban J connectivity index is 1.54. The molecule has 0 aliphatic rings. The van der Waals surface area contributed by atoms with Gasteiger partial charge >= 0.3 is 0 Å². The van der Waals surface area contributed by atoms with Gasteiger partial charge in [-0.25, -0.2) is 9.37 Å². The van der Waals surface area contributed by atoms with Crippen LogP contribution in [-0.4, -0.2) is 9.97 Å². The Morgan fingerprint density at radius 1 is 1.10 bits per heavy atom. The standard InChI is InChI=1S/C24H15FN4S/c25-18-3-1-2-15(10-18)4-6-20-12-21-23(17(13-26)14-28-24(21)30-20)29-19-5-7-22-16(11-19)8-9-27-22/h1-12,14,27H,(H,28,29). The minimum atomic E-state index is -0.264. The molecule has 0 saturated heterocycles. The van der Waals surface area contributed by atoms with Crippen LogP contribution in [-0.2, 0) is 0 Å². The molecular formula is C24H15FN4S. The number of rotatable bonds is 4. The number of nitrogens with zero attached hydrogens (tertiary/aromatic N) is 2. The first-order valence-electron chi connectivity index (χ1n) is 9.30. The van der Waals surface area contributed by atoms with Gasteiger partial charge in [-0.3, -0.25) is 0 Å². The topological polar surface area (TPSA) is 64.5 Å². The van der Waals surface area contributed by atoms with Gasteiger partial charge in [-0.1, -0.05) is 18.2 Å². The average Bonchev–Trinajstić information content (AvgIpc) is 3.39. The summed E-state index contributed by atoms with van der Waals surface area (Å²) in [4.78, 5) is 9.43. The van der Waals surface area contributed by atoms with Gasteiger partial charge in [-0.05, 0) is 54.1 Å². The Labute approximate surface area is 175 Å². The molecule has 0 atom stereocenters. The molecule has 0 fully saturated rings. The fraction of sp³-hybridized carbons (Fsp3) is 0.